The van der Waals surface area contributed by atoms with Gasteiger partial charge < -0.3 is 0 Å². The number of carbonyl (C=O) groups excluding carboxylic acids is 1. The molecule has 3 rings (SSSR count). The summed E-state index contributed by atoms with van der Waals surface area (Å²) < 4.78 is 4.69. The van der Waals surface area contributed by atoms with Crippen molar-refractivity contribution in [3.05, 3.63) is 60.8 Å². The van der Waals surface area contributed by atoms with E-state index >= 15 is 0 Å². The Morgan fingerprint density at radius 1 is 1.10 bits per heavy atom. The number of amides is 1. The average molecular weight is 343 g/mol. The van der Waals surface area contributed by atoms with E-state index in [1.807, 2.05) is 16.7 Å². The molecule has 2 aromatic carbocycles. The predicted octanol–water partition coefficient (Wildman–Crippen LogP) is 1.04. The first-order chi connectivity index (χ1) is 10.3. The molecule has 0 saturated carbocycles. The Labute approximate surface area is 130 Å². The summed E-state index contributed by atoms with van der Waals surface area (Å²) in [6.07, 6.45) is 2.12. The van der Waals surface area contributed by atoms with E-state index in [1.165, 1.54) is 14.3 Å². The summed E-state index contributed by atoms with van der Waals surface area (Å²) >= 11 is 0.245. The van der Waals surface area contributed by atoms with Crippen molar-refractivity contribution in [2.45, 2.75) is 6.54 Å². The Morgan fingerprint density at radius 3 is 2.57 bits per heavy atom. The molecular formula is C17H16N2OSe. The molecule has 3 aromatic rings. The molecule has 1 amide bonds. The van der Waals surface area contributed by atoms with Crippen LogP contribution in [0.1, 0.15) is 0 Å². The second-order valence-electron chi connectivity index (χ2n) is 4.73. The Balaban J connectivity index is 2.00. The van der Waals surface area contributed by atoms with Gasteiger partial charge in [-0.25, -0.2) is 0 Å². The fourth-order valence-electron chi connectivity index (χ4n) is 2.27. The maximum atomic E-state index is 11.7. The second-order valence-corrected chi connectivity index (χ2v) is 7.07. The van der Waals surface area contributed by atoms with Gasteiger partial charge in [-0.2, -0.15) is 0 Å². The van der Waals surface area contributed by atoms with Gasteiger partial charge in [0.25, 0.3) is 0 Å². The standard InChI is InChI=1S/C17H16N2OSe/c1-18-17(20)12-19-11-16(14-9-5-6-10-15(14)19)21-13-7-3-2-4-8-13/h2-11H,12H2,1H3,(H,18,20). The molecule has 106 valence electrons. The molecule has 21 heavy (non-hydrogen) atoms. The summed E-state index contributed by atoms with van der Waals surface area (Å²) in [7, 11) is 1.67. The Hall–Kier alpha value is -2.03. The molecular weight excluding hydrogens is 327 g/mol. The van der Waals surface area contributed by atoms with Gasteiger partial charge >= 0.3 is 130 Å². The van der Waals surface area contributed by atoms with Crippen molar-refractivity contribution >= 4 is 40.7 Å². The number of para-hydroxylation sites is 1. The Bertz CT molecular complexity index is 765. The van der Waals surface area contributed by atoms with Gasteiger partial charge in [-0.1, -0.05) is 0 Å². The van der Waals surface area contributed by atoms with Crippen LogP contribution in [0.25, 0.3) is 10.9 Å². The zero-order chi connectivity index (χ0) is 14.7. The minimum atomic E-state index is 0.0227. The molecule has 0 aliphatic heterocycles. The number of hydrogen-bond donors (Lipinski definition) is 1. The van der Waals surface area contributed by atoms with Crippen LogP contribution in [0.2, 0.25) is 0 Å². The van der Waals surface area contributed by atoms with Crippen molar-refractivity contribution in [2.24, 2.45) is 0 Å². The Morgan fingerprint density at radius 2 is 1.81 bits per heavy atom. The topological polar surface area (TPSA) is 34.0 Å². The summed E-state index contributed by atoms with van der Waals surface area (Å²) in [5.74, 6) is 0.0227. The first-order valence-electron chi connectivity index (χ1n) is 6.79. The van der Waals surface area contributed by atoms with E-state index in [2.05, 4.69) is 54.0 Å². The first-order valence-corrected chi connectivity index (χ1v) is 8.50. The van der Waals surface area contributed by atoms with E-state index in [0.29, 0.717) is 6.54 Å². The zero-order valence-electron chi connectivity index (χ0n) is 11.7. The summed E-state index contributed by atoms with van der Waals surface area (Å²) in [5.41, 5.74) is 1.12. The molecule has 0 atom stereocenters. The van der Waals surface area contributed by atoms with Gasteiger partial charge in [-0.05, 0) is 0 Å². The first kappa shape index (κ1) is 13.9. The van der Waals surface area contributed by atoms with Gasteiger partial charge in [0.05, 0.1) is 0 Å². The van der Waals surface area contributed by atoms with Gasteiger partial charge in [0.1, 0.15) is 0 Å². The third kappa shape index (κ3) is 3.02. The van der Waals surface area contributed by atoms with Crippen LogP contribution >= 0.6 is 0 Å². The quantitative estimate of drug-likeness (QED) is 0.706. The van der Waals surface area contributed by atoms with Crippen molar-refractivity contribution < 1.29 is 4.79 Å². The van der Waals surface area contributed by atoms with Gasteiger partial charge in [0.2, 0.25) is 0 Å². The molecule has 0 unspecified atom stereocenters. The van der Waals surface area contributed by atoms with E-state index in [0.717, 1.165) is 5.52 Å². The van der Waals surface area contributed by atoms with E-state index in [1.54, 1.807) is 7.05 Å². The maximum absolute atomic E-state index is 11.7. The molecule has 3 nitrogen and oxygen atoms in total. The van der Waals surface area contributed by atoms with Crippen molar-refractivity contribution in [1.82, 2.24) is 9.88 Å². The van der Waals surface area contributed by atoms with Crippen LogP contribution in [-0.2, 0) is 11.3 Å². The van der Waals surface area contributed by atoms with Gasteiger partial charge in [0, 0.05) is 0 Å². The van der Waals surface area contributed by atoms with Gasteiger partial charge in [0.15, 0.2) is 0 Å². The van der Waals surface area contributed by atoms with Crippen LogP contribution in [-0.4, -0.2) is 32.5 Å². The molecule has 0 aliphatic rings. The van der Waals surface area contributed by atoms with E-state index in [4.69, 9.17) is 0 Å². The fraction of sp³-hybridized carbons (Fsp3) is 0.118. The number of hydrogen-bond acceptors (Lipinski definition) is 1. The van der Waals surface area contributed by atoms with Crippen LogP contribution in [0.15, 0.2) is 60.8 Å². The van der Waals surface area contributed by atoms with Crippen molar-refractivity contribution in [3.8, 4) is 0 Å². The molecule has 0 aliphatic carbocycles. The van der Waals surface area contributed by atoms with Crippen LogP contribution in [0.4, 0.5) is 0 Å². The van der Waals surface area contributed by atoms with E-state index in [9.17, 15) is 4.79 Å². The SMILES string of the molecule is CNC(=O)Cn1cc([Se]c2ccccc2)c2ccccc21. The number of rotatable bonds is 4. The van der Waals surface area contributed by atoms with Crippen LogP contribution in [0.5, 0.6) is 0 Å². The average Bonchev–Trinajstić information content (AvgIpc) is 2.86. The molecule has 0 fully saturated rings. The third-order valence-electron chi connectivity index (χ3n) is 3.32. The zero-order valence-corrected chi connectivity index (χ0v) is 13.5. The molecule has 4 heteroatoms. The minimum absolute atomic E-state index is 0.0227. The van der Waals surface area contributed by atoms with Crippen LogP contribution in [0, 0.1) is 0 Å². The van der Waals surface area contributed by atoms with Crippen molar-refractivity contribution in [1.29, 1.82) is 0 Å². The number of likely N-dealkylation sites (N-methyl/N-ethyl adjacent to an activating group) is 1. The number of aromatic nitrogens is 1. The van der Waals surface area contributed by atoms with E-state index < -0.39 is 0 Å². The fourth-order valence-corrected chi connectivity index (χ4v) is 4.39. The van der Waals surface area contributed by atoms with Gasteiger partial charge in [-0.3, -0.25) is 0 Å². The molecule has 1 heterocycles. The molecule has 1 N–H and O–H groups in total. The summed E-state index contributed by atoms with van der Waals surface area (Å²) in [6.45, 7) is 0.363. The molecule has 0 radical (unpaired) electrons. The number of carbonyl (C=O) groups is 1. The predicted molar refractivity (Wildman–Crippen MR) is 87.5 cm³/mol. The van der Waals surface area contributed by atoms with Crippen LogP contribution in [0.3, 0.4) is 0 Å². The molecule has 1 aromatic heterocycles. The third-order valence-corrected chi connectivity index (χ3v) is 5.53. The second kappa shape index (κ2) is 6.17. The van der Waals surface area contributed by atoms with Crippen LogP contribution < -0.4 is 14.2 Å². The normalized spacial score (nSPS) is 10.7. The molecule has 0 spiro atoms. The van der Waals surface area contributed by atoms with E-state index in [-0.39, 0.29) is 20.9 Å². The molecule has 0 bridgehead atoms. The monoisotopic (exact) mass is 344 g/mol. The summed E-state index contributed by atoms with van der Waals surface area (Å²) in [5, 5.41) is 3.92. The van der Waals surface area contributed by atoms with Gasteiger partial charge in [-0.15, -0.1) is 0 Å². The summed E-state index contributed by atoms with van der Waals surface area (Å²) in [6, 6.07) is 18.8. The number of nitrogens with one attached hydrogen (secondary N) is 1. The Kier molecular flexibility index (Phi) is 4.09. The molecule has 0 saturated heterocycles. The number of fused-ring (bicyclic) bond motifs is 1. The number of benzene rings is 2. The number of nitrogens with zero attached hydrogens (tertiary/aromatic N) is 1. The van der Waals surface area contributed by atoms with Crippen molar-refractivity contribution in [2.75, 3.05) is 7.05 Å². The van der Waals surface area contributed by atoms with Crippen molar-refractivity contribution in [3.63, 3.8) is 0 Å². The summed E-state index contributed by atoms with van der Waals surface area (Å²) in [4.78, 5) is 11.7.